The molecule has 0 saturated heterocycles. The van der Waals surface area contributed by atoms with Crippen molar-refractivity contribution in [1.29, 1.82) is 0 Å². The molecule has 0 N–H and O–H groups in total. The highest BCUT2D eigenvalue weighted by Crippen LogP contribution is 1.61. The smallest absolute Gasteiger partial charge is 0.105 e. The van der Waals surface area contributed by atoms with Crippen LogP contribution in [0.1, 0.15) is 6.92 Å². The van der Waals surface area contributed by atoms with E-state index in [1.807, 2.05) is 0 Å². The van der Waals surface area contributed by atoms with Gasteiger partial charge in [-0.25, -0.2) is 0 Å². The molecule has 0 aromatic carbocycles. The molecule has 0 bridgehead atoms. The van der Waals surface area contributed by atoms with Crippen LogP contribution in [0, 0.1) is 18.5 Å². The molecule has 0 aliphatic carbocycles. The van der Waals surface area contributed by atoms with E-state index in [9.17, 15) is 4.39 Å². The molecule has 0 saturated carbocycles. The van der Waals surface area contributed by atoms with Crippen molar-refractivity contribution in [2.24, 2.45) is 0 Å². The molecular formula is C4H4F. The van der Waals surface area contributed by atoms with E-state index in [4.69, 9.17) is 0 Å². The van der Waals surface area contributed by atoms with Crippen LogP contribution in [-0.4, -0.2) is 0 Å². The normalized spacial score (nSPS) is 5.20. The molecule has 0 unspecified atom stereocenters. The topological polar surface area (TPSA) is 0 Å². The number of hydrogen-bond donors (Lipinski definition) is 0. The average Bonchev–Trinajstić information content (AvgIpc) is 1.41. The quantitative estimate of drug-likeness (QED) is 0.376. The van der Waals surface area contributed by atoms with E-state index in [1.54, 1.807) is 6.92 Å². The zero-order chi connectivity index (χ0) is 4.12. The average molecular weight is 71.1 g/mol. The van der Waals surface area contributed by atoms with Crippen molar-refractivity contribution in [3.05, 3.63) is 6.42 Å². The lowest BCUT2D eigenvalue weighted by atomic mass is 10.5. The summed E-state index contributed by atoms with van der Waals surface area (Å²) in [5, 5.41) is 0. The summed E-state index contributed by atoms with van der Waals surface area (Å²) in [6, 6.07) is 0. The molecular weight excluding hydrogens is 67.0 g/mol. The van der Waals surface area contributed by atoms with Crippen LogP contribution >= 0.6 is 0 Å². The van der Waals surface area contributed by atoms with Crippen molar-refractivity contribution in [3.8, 4) is 12.1 Å². The molecule has 5 heavy (non-hydrogen) atoms. The molecule has 0 atom stereocenters. The van der Waals surface area contributed by atoms with E-state index >= 15 is 0 Å². The summed E-state index contributed by atoms with van der Waals surface area (Å²) >= 11 is 0. The second kappa shape index (κ2) is 3.49. The number of rotatable bonds is 0. The molecule has 0 spiro atoms. The van der Waals surface area contributed by atoms with Gasteiger partial charge in [-0.2, -0.15) is 0 Å². The minimum Gasteiger partial charge on any atom is -0.144 e. The summed E-state index contributed by atoms with van der Waals surface area (Å²) < 4.78 is 10.6. The Labute approximate surface area is 31.0 Å². The zero-order valence-corrected chi connectivity index (χ0v) is 2.96. The Balaban J connectivity index is 2.81. The molecule has 0 nitrogen and oxygen atoms in total. The van der Waals surface area contributed by atoms with Gasteiger partial charge in [-0.3, -0.25) is 0 Å². The van der Waals surface area contributed by atoms with Gasteiger partial charge >= 0.3 is 0 Å². The van der Waals surface area contributed by atoms with Crippen molar-refractivity contribution < 1.29 is 4.39 Å². The number of hydrogen-bond acceptors (Lipinski definition) is 0. The monoisotopic (exact) mass is 71.0 g/mol. The Hall–Kier alpha value is -0.510. The van der Waals surface area contributed by atoms with Gasteiger partial charge in [-0.05, 0) is 0 Å². The molecule has 0 aliphatic rings. The van der Waals surface area contributed by atoms with Crippen molar-refractivity contribution in [3.63, 3.8) is 0 Å². The predicted molar refractivity (Wildman–Crippen MR) is 18.9 cm³/mol. The molecule has 1 heteroatoms. The van der Waals surface area contributed by atoms with E-state index in [0.29, 0.717) is 0 Å². The summed E-state index contributed by atoms with van der Waals surface area (Å²) in [5.41, 5.74) is 0. The summed E-state index contributed by atoms with van der Waals surface area (Å²) in [4.78, 5) is 0. The van der Waals surface area contributed by atoms with Crippen LogP contribution in [0.2, 0.25) is 0 Å². The fourth-order valence-electron chi connectivity index (χ4n) is 0.0546. The molecule has 0 aromatic rings. The van der Waals surface area contributed by atoms with Crippen LogP contribution in [0.15, 0.2) is 0 Å². The van der Waals surface area contributed by atoms with Gasteiger partial charge in [0.15, 0.2) is 0 Å². The summed E-state index contributed by atoms with van der Waals surface area (Å²) in [5.74, 6) is 2.07. The van der Waals surface area contributed by atoms with Gasteiger partial charge < -0.3 is 0 Å². The predicted octanol–water partition coefficient (Wildman–Crippen LogP) is 1.14. The Morgan fingerprint density at radius 1 is 1.80 bits per heavy atom. The molecule has 0 amide bonds. The highest BCUT2D eigenvalue weighted by Gasteiger charge is 1.52. The van der Waals surface area contributed by atoms with Crippen LogP contribution in [0.4, 0.5) is 4.39 Å². The molecule has 27 valence electrons. The van der Waals surface area contributed by atoms with Crippen molar-refractivity contribution in [2.45, 2.75) is 6.92 Å². The Bertz CT molecular complexity index is 55.8. The van der Waals surface area contributed by atoms with Gasteiger partial charge in [-0.1, -0.05) is 12.8 Å². The SMILES string of the molecule is C[CH]C#CF. The molecule has 1 radical (unpaired) electrons. The lowest BCUT2D eigenvalue weighted by Gasteiger charge is -1.54. The zero-order valence-electron chi connectivity index (χ0n) is 2.96. The summed E-state index contributed by atoms with van der Waals surface area (Å²) in [7, 11) is 0. The Kier molecular flexibility index (Phi) is 3.13. The fraction of sp³-hybridized carbons (Fsp3) is 0.250. The van der Waals surface area contributed by atoms with Gasteiger partial charge in [0, 0.05) is 6.42 Å². The van der Waals surface area contributed by atoms with Crippen molar-refractivity contribution >= 4 is 0 Å². The molecule has 0 rings (SSSR count). The van der Waals surface area contributed by atoms with Crippen molar-refractivity contribution in [2.75, 3.05) is 0 Å². The van der Waals surface area contributed by atoms with Gasteiger partial charge in [0.25, 0.3) is 0 Å². The van der Waals surface area contributed by atoms with Gasteiger partial charge in [0.1, 0.15) is 6.17 Å². The van der Waals surface area contributed by atoms with Crippen LogP contribution in [-0.2, 0) is 0 Å². The third-order valence-electron chi connectivity index (χ3n) is 0.199. The minimum absolute atomic E-state index is 1.21. The lowest BCUT2D eigenvalue weighted by molar-refractivity contribution is 0.773. The van der Waals surface area contributed by atoms with E-state index < -0.39 is 0 Å². The Morgan fingerprint density at radius 3 is 2.40 bits per heavy atom. The first kappa shape index (κ1) is 4.49. The highest BCUT2D eigenvalue weighted by molar-refractivity contribution is 5.01. The Morgan fingerprint density at radius 2 is 2.40 bits per heavy atom. The standard InChI is InChI=1S/C4H4F/c1-2-3-4-5/h2H,1H3. The van der Waals surface area contributed by atoms with Crippen LogP contribution in [0.5, 0.6) is 0 Å². The third-order valence-corrected chi connectivity index (χ3v) is 0.199. The first-order valence-electron chi connectivity index (χ1n) is 1.31. The minimum atomic E-state index is 1.21. The third kappa shape index (κ3) is 3.49. The van der Waals surface area contributed by atoms with Gasteiger partial charge in [-0.15, -0.1) is 4.39 Å². The fourth-order valence-corrected chi connectivity index (χ4v) is 0.0546. The molecule has 0 fully saturated rings. The first-order valence-corrected chi connectivity index (χ1v) is 1.31. The largest absolute Gasteiger partial charge is 0.144 e. The summed E-state index contributed by atoms with van der Waals surface area (Å²) in [6.07, 6.45) is 2.66. The maximum absolute atomic E-state index is 10.6. The van der Waals surface area contributed by atoms with Crippen LogP contribution < -0.4 is 0 Å². The number of halogens is 1. The molecule has 0 aliphatic heterocycles. The van der Waals surface area contributed by atoms with Gasteiger partial charge in [0.05, 0.1) is 0 Å². The second-order valence-electron chi connectivity index (χ2n) is 0.528. The van der Waals surface area contributed by atoms with Crippen molar-refractivity contribution in [1.82, 2.24) is 0 Å². The maximum Gasteiger partial charge on any atom is 0.105 e. The van der Waals surface area contributed by atoms with Crippen LogP contribution in [0.3, 0.4) is 0 Å². The van der Waals surface area contributed by atoms with Gasteiger partial charge in [0.2, 0.25) is 0 Å². The first-order chi connectivity index (χ1) is 2.41. The summed E-state index contributed by atoms with van der Waals surface area (Å²) in [6.45, 7) is 1.67. The van der Waals surface area contributed by atoms with E-state index in [-0.39, 0.29) is 0 Å². The maximum atomic E-state index is 10.6. The van der Waals surface area contributed by atoms with E-state index in [1.165, 1.54) is 12.6 Å². The van der Waals surface area contributed by atoms with E-state index in [2.05, 4.69) is 5.92 Å². The lowest BCUT2D eigenvalue weighted by Crippen LogP contribution is -1.45. The molecule has 0 aromatic heterocycles. The van der Waals surface area contributed by atoms with E-state index in [0.717, 1.165) is 0 Å². The highest BCUT2D eigenvalue weighted by atomic mass is 19.1. The van der Waals surface area contributed by atoms with Crippen LogP contribution in [0.25, 0.3) is 0 Å². The molecule has 0 heterocycles. The second-order valence-corrected chi connectivity index (χ2v) is 0.528.